The maximum absolute atomic E-state index is 11.7. The third-order valence-corrected chi connectivity index (χ3v) is 1.91. The van der Waals surface area contributed by atoms with E-state index < -0.39 is 27.0 Å². The quantitative estimate of drug-likeness (QED) is 0.462. The van der Waals surface area contributed by atoms with Crippen LogP contribution in [0.1, 0.15) is 20.8 Å². The standard InChI is InChI=1S/C6H9F3O5S.H3N/c1-5(2,3)4(10)13-14-15(11,12)6(7,8)9;/h1-3H3;1H3. The van der Waals surface area contributed by atoms with Crippen molar-refractivity contribution in [2.45, 2.75) is 26.3 Å². The van der Waals surface area contributed by atoms with Crippen molar-refractivity contribution in [2.75, 3.05) is 0 Å². The van der Waals surface area contributed by atoms with E-state index in [9.17, 15) is 26.4 Å². The Labute approximate surface area is 90.3 Å². The SMILES string of the molecule is CC(C)(C)C(=O)OOS(=O)(=O)C(F)(F)F.N. The van der Waals surface area contributed by atoms with Gasteiger partial charge in [-0.3, -0.25) is 4.89 Å². The molecular formula is C6H12F3NO5S. The molecule has 0 unspecified atom stereocenters. The van der Waals surface area contributed by atoms with Crippen LogP contribution < -0.4 is 6.15 Å². The first-order valence-electron chi connectivity index (χ1n) is 3.60. The number of carbonyl (C=O) groups excluding carboxylic acids is 1. The number of hydrogen-bond donors (Lipinski definition) is 1. The molecule has 0 atom stereocenters. The Morgan fingerprint density at radius 1 is 1.12 bits per heavy atom. The van der Waals surface area contributed by atoms with Crippen LogP contribution in [0.3, 0.4) is 0 Å². The molecule has 10 heteroatoms. The molecule has 0 bridgehead atoms. The van der Waals surface area contributed by atoms with Crippen LogP contribution >= 0.6 is 0 Å². The van der Waals surface area contributed by atoms with E-state index in [1.165, 1.54) is 20.8 Å². The van der Waals surface area contributed by atoms with E-state index in [1.807, 2.05) is 0 Å². The first kappa shape index (κ1) is 17.5. The molecule has 0 heterocycles. The first-order chi connectivity index (χ1) is 6.38. The lowest BCUT2D eigenvalue weighted by Gasteiger charge is -2.14. The molecular weight excluding hydrogens is 255 g/mol. The van der Waals surface area contributed by atoms with Crippen LogP contribution in [0.2, 0.25) is 0 Å². The molecule has 0 saturated carbocycles. The van der Waals surface area contributed by atoms with Gasteiger partial charge in [-0.05, 0) is 25.1 Å². The number of rotatable bonds is 2. The number of alkyl halides is 3. The lowest BCUT2D eigenvalue weighted by Crippen LogP contribution is -2.30. The van der Waals surface area contributed by atoms with Gasteiger partial charge in [0.1, 0.15) is 0 Å². The molecule has 0 aliphatic carbocycles. The van der Waals surface area contributed by atoms with Crippen molar-refractivity contribution in [3.63, 3.8) is 0 Å². The Balaban J connectivity index is 0. The van der Waals surface area contributed by atoms with E-state index in [-0.39, 0.29) is 6.15 Å². The van der Waals surface area contributed by atoms with E-state index in [4.69, 9.17) is 0 Å². The topological polar surface area (TPSA) is 105 Å². The summed E-state index contributed by atoms with van der Waals surface area (Å²) in [7, 11) is -5.90. The zero-order chi connectivity index (χ0) is 12.5. The highest BCUT2D eigenvalue weighted by Gasteiger charge is 2.49. The third-order valence-electron chi connectivity index (χ3n) is 1.10. The van der Waals surface area contributed by atoms with Gasteiger partial charge in [-0.2, -0.15) is 21.6 Å². The molecule has 0 amide bonds. The largest absolute Gasteiger partial charge is 0.526 e. The van der Waals surface area contributed by atoms with E-state index >= 15 is 0 Å². The summed E-state index contributed by atoms with van der Waals surface area (Å²) in [5.41, 5.74) is -6.79. The van der Waals surface area contributed by atoms with Gasteiger partial charge >= 0.3 is 21.6 Å². The Bertz CT molecular complexity index is 342. The van der Waals surface area contributed by atoms with Gasteiger partial charge in [-0.25, -0.2) is 4.79 Å². The van der Waals surface area contributed by atoms with E-state index in [1.54, 1.807) is 0 Å². The predicted octanol–water partition coefficient (Wildman–Crippen LogP) is 1.52. The minimum Gasteiger partial charge on any atom is -0.344 e. The van der Waals surface area contributed by atoms with Gasteiger partial charge in [0.25, 0.3) is 0 Å². The van der Waals surface area contributed by atoms with Crippen molar-refractivity contribution in [2.24, 2.45) is 5.41 Å². The second kappa shape index (κ2) is 4.97. The fraction of sp³-hybridized carbons (Fsp3) is 0.833. The molecule has 16 heavy (non-hydrogen) atoms. The molecule has 0 rings (SSSR count). The minimum absolute atomic E-state index is 0. The van der Waals surface area contributed by atoms with E-state index in [2.05, 4.69) is 9.22 Å². The minimum atomic E-state index is -5.90. The second-order valence-corrected chi connectivity index (χ2v) is 5.10. The zero-order valence-corrected chi connectivity index (χ0v) is 9.61. The third kappa shape index (κ3) is 4.77. The average molecular weight is 267 g/mol. The van der Waals surface area contributed by atoms with Gasteiger partial charge in [0, 0.05) is 0 Å². The van der Waals surface area contributed by atoms with Gasteiger partial charge in [0.15, 0.2) is 0 Å². The smallest absolute Gasteiger partial charge is 0.344 e. The van der Waals surface area contributed by atoms with Gasteiger partial charge < -0.3 is 6.15 Å². The highest BCUT2D eigenvalue weighted by atomic mass is 32.2. The summed E-state index contributed by atoms with van der Waals surface area (Å²) in [4.78, 5) is 14.4. The molecule has 0 spiro atoms. The normalized spacial score (nSPS) is 12.9. The van der Waals surface area contributed by atoms with Crippen molar-refractivity contribution in [1.82, 2.24) is 6.15 Å². The summed E-state index contributed by atoms with van der Waals surface area (Å²) in [6.07, 6.45) is 0. The molecule has 98 valence electrons. The highest BCUT2D eigenvalue weighted by Crippen LogP contribution is 2.25. The van der Waals surface area contributed by atoms with Crippen molar-refractivity contribution < 1.29 is 35.6 Å². The van der Waals surface area contributed by atoms with Crippen LogP contribution in [0.15, 0.2) is 0 Å². The maximum Gasteiger partial charge on any atom is 0.526 e. The van der Waals surface area contributed by atoms with Gasteiger partial charge in [0.2, 0.25) is 0 Å². The van der Waals surface area contributed by atoms with Crippen molar-refractivity contribution in [3.05, 3.63) is 0 Å². The molecule has 0 aromatic carbocycles. The zero-order valence-electron chi connectivity index (χ0n) is 8.79. The van der Waals surface area contributed by atoms with Gasteiger partial charge in [-0.15, -0.1) is 0 Å². The molecule has 0 aromatic rings. The summed E-state index contributed by atoms with van der Waals surface area (Å²) in [6, 6.07) is 0. The Hall–Kier alpha value is -0.870. The van der Waals surface area contributed by atoms with E-state index in [0.29, 0.717) is 0 Å². The molecule has 3 N–H and O–H groups in total. The van der Waals surface area contributed by atoms with E-state index in [0.717, 1.165) is 0 Å². The molecule has 0 aromatic heterocycles. The molecule has 0 saturated heterocycles. The summed E-state index contributed by atoms with van der Waals surface area (Å²) < 4.78 is 58.6. The predicted molar refractivity (Wildman–Crippen MR) is 46.6 cm³/mol. The molecule has 0 aliphatic rings. The first-order valence-corrected chi connectivity index (χ1v) is 5.00. The van der Waals surface area contributed by atoms with Crippen LogP contribution in [0.25, 0.3) is 0 Å². The summed E-state index contributed by atoms with van der Waals surface area (Å²) in [5, 5.41) is 0. The average Bonchev–Trinajstić information content (AvgIpc) is 1.96. The Morgan fingerprint density at radius 3 is 1.75 bits per heavy atom. The molecule has 0 fully saturated rings. The number of carbonyl (C=O) groups is 1. The van der Waals surface area contributed by atoms with Crippen molar-refractivity contribution in [3.8, 4) is 0 Å². The van der Waals surface area contributed by atoms with Gasteiger partial charge in [0.05, 0.1) is 5.41 Å². The Kier molecular flexibility index (Phi) is 5.45. The van der Waals surface area contributed by atoms with Crippen molar-refractivity contribution in [1.29, 1.82) is 0 Å². The summed E-state index contributed by atoms with van der Waals surface area (Å²) in [6.45, 7) is 3.96. The monoisotopic (exact) mass is 267 g/mol. The molecule has 6 nitrogen and oxygen atoms in total. The van der Waals surface area contributed by atoms with Gasteiger partial charge in [-0.1, -0.05) is 0 Å². The molecule has 0 aliphatic heterocycles. The van der Waals surface area contributed by atoms with Crippen LogP contribution in [0.5, 0.6) is 0 Å². The van der Waals surface area contributed by atoms with Crippen LogP contribution in [-0.4, -0.2) is 19.9 Å². The number of hydrogen-bond acceptors (Lipinski definition) is 6. The fourth-order valence-corrected chi connectivity index (χ4v) is 0.468. The molecule has 0 radical (unpaired) electrons. The summed E-state index contributed by atoms with van der Waals surface area (Å²) >= 11 is 0. The lowest BCUT2D eigenvalue weighted by molar-refractivity contribution is -0.226. The van der Waals surface area contributed by atoms with Crippen LogP contribution in [-0.2, 0) is 24.1 Å². The maximum atomic E-state index is 11.7. The Morgan fingerprint density at radius 2 is 1.50 bits per heavy atom. The lowest BCUT2D eigenvalue weighted by atomic mass is 9.98. The van der Waals surface area contributed by atoms with Crippen LogP contribution in [0.4, 0.5) is 13.2 Å². The second-order valence-electron chi connectivity index (χ2n) is 3.59. The summed E-state index contributed by atoms with van der Waals surface area (Å²) in [5.74, 6) is -1.23. The van der Waals surface area contributed by atoms with Crippen molar-refractivity contribution >= 4 is 16.1 Å². The highest BCUT2D eigenvalue weighted by molar-refractivity contribution is 7.87. The van der Waals surface area contributed by atoms with Crippen LogP contribution in [0, 0.1) is 5.41 Å². The fourth-order valence-electron chi connectivity index (χ4n) is 0.239. The number of halogens is 3.